The second-order valence-corrected chi connectivity index (χ2v) is 9.06. The Balaban J connectivity index is 1.67. The summed E-state index contributed by atoms with van der Waals surface area (Å²) in [4.78, 5) is 32.1. The summed E-state index contributed by atoms with van der Waals surface area (Å²) in [7, 11) is 2.95. The summed E-state index contributed by atoms with van der Waals surface area (Å²) in [6, 6.07) is 16.8. The standard InChI is InChI=1S/C30H27F3N4O3/c1-36-19-22(18-35-36)17-27(29(39)40-2)37(20-21-10-12-24(13-11-21)26-9-5-6-16-34-26)28(38)15-14-23-7-3-4-8-25(23)30(31,32)33/h3-16,18-19,27H,17,20H2,1-2H3/b15-14+. The van der Waals surface area contributed by atoms with E-state index in [9.17, 15) is 22.8 Å². The number of alkyl halides is 3. The molecular formula is C30H27F3N4O3. The molecule has 1 unspecified atom stereocenters. The fourth-order valence-corrected chi connectivity index (χ4v) is 4.27. The fourth-order valence-electron chi connectivity index (χ4n) is 4.27. The number of hydrogen-bond acceptors (Lipinski definition) is 5. The third kappa shape index (κ3) is 7.02. The molecular weight excluding hydrogens is 521 g/mol. The van der Waals surface area contributed by atoms with Crippen molar-refractivity contribution in [3.8, 4) is 11.3 Å². The number of ether oxygens (including phenoxy) is 1. The summed E-state index contributed by atoms with van der Waals surface area (Å²) < 4.78 is 47.1. The van der Waals surface area contributed by atoms with Crippen LogP contribution in [0.5, 0.6) is 0 Å². The Hall–Kier alpha value is -4.73. The number of carbonyl (C=O) groups is 2. The molecule has 10 heteroatoms. The molecule has 0 saturated heterocycles. The van der Waals surface area contributed by atoms with Gasteiger partial charge in [0.2, 0.25) is 5.91 Å². The SMILES string of the molecule is COC(=O)C(Cc1cnn(C)c1)N(Cc1ccc(-c2ccccn2)cc1)C(=O)/C=C/c1ccccc1C(F)(F)F. The largest absolute Gasteiger partial charge is 0.467 e. The maximum atomic E-state index is 13.5. The minimum Gasteiger partial charge on any atom is -0.467 e. The number of carbonyl (C=O) groups excluding carboxylic acids is 2. The van der Waals surface area contributed by atoms with Gasteiger partial charge in [-0.15, -0.1) is 0 Å². The number of rotatable bonds is 9. The molecule has 0 N–H and O–H groups in total. The molecule has 2 heterocycles. The quantitative estimate of drug-likeness (QED) is 0.209. The van der Waals surface area contributed by atoms with Gasteiger partial charge in [0.1, 0.15) is 6.04 Å². The lowest BCUT2D eigenvalue weighted by molar-refractivity contribution is -0.151. The molecule has 40 heavy (non-hydrogen) atoms. The van der Waals surface area contributed by atoms with Crippen molar-refractivity contribution in [2.75, 3.05) is 7.11 Å². The van der Waals surface area contributed by atoms with E-state index >= 15 is 0 Å². The van der Waals surface area contributed by atoms with Gasteiger partial charge in [-0.2, -0.15) is 18.3 Å². The van der Waals surface area contributed by atoms with Crippen LogP contribution in [-0.4, -0.2) is 44.7 Å². The molecule has 0 aliphatic rings. The van der Waals surface area contributed by atoms with E-state index in [0.29, 0.717) is 11.1 Å². The Kier molecular flexibility index (Phi) is 8.78. The van der Waals surface area contributed by atoms with Gasteiger partial charge in [-0.05, 0) is 41.0 Å². The Bertz CT molecular complexity index is 1480. The first-order valence-corrected chi connectivity index (χ1v) is 12.4. The highest BCUT2D eigenvalue weighted by Crippen LogP contribution is 2.32. The highest BCUT2D eigenvalue weighted by atomic mass is 19.4. The van der Waals surface area contributed by atoms with E-state index in [2.05, 4.69) is 10.1 Å². The molecule has 0 aliphatic heterocycles. The highest BCUT2D eigenvalue weighted by molar-refractivity contribution is 5.95. The van der Waals surface area contributed by atoms with Crippen LogP contribution in [0.4, 0.5) is 13.2 Å². The van der Waals surface area contributed by atoms with Crippen LogP contribution < -0.4 is 0 Å². The van der Waals surface area contributed by atoms with Crippen LogP contribution >= 0.6 is 0 Å². The van der Waals surface area contributed by atoms with Crippen molar-refractivity contribution in [2.45, 2.75) is 25.2 Å². The van der Waals surface area contributed by atoms with E-state index in [1.165, 1.54) is 30.2 Å². The van der Waals surface area contributed by atoms with Crippen molar-refractivity contribution in [2.24, 2.45) is 7.05 Å². The first-order chi connectivity index (χ1) is 19.2. The van der Waals surface area contributed by atoms with E-state index in [-0.39, 0.29) is 18.5 Å². The number of hydrogen-bond donors (Lipinski definition) is 0. The number of benzene rings is 2. The Morgan fingerprint density at radius 3 is 2.38 bits per heavy atom. The molecule has 0 radical (unpaired) electrons. The zero-order valence-electron chi connectivity index (χ0n) is 21.9. The molecule has 0 bridgehead atoms. The molecule has 0 fully saturated rings. The molecule has 0 saturated carbocycles. The fraction of sp³-hybridized carbons (Fsp3) is 0.200. The van der Waals surface area contributed by atoms with Gasteiger partial charge in [-0.25, -0.2) is 4.79 Å². The van der Waals surface area contributed by atoms with Crippen molar-refractivity contribution >= 4 is 18.0 Å². The van der Waals surface area contributed by atoms with Crippen molar-refractivity contribution in [3.63, 3.8) is 0 Å². The van der Waals surface area contributed by atoms with Crippen LogP contribution in [0.25, 0.3) is 17.3 Å². The summed E-state index contributed by atoms with van der Waals surface area (Å²) in [5.74, 6) is -1.31. The van der Waals surface area contributed by atoms with Crippen LogP contribution in [0.3, 0.4) is 0 Å². The third-order valence-electron chi connectivity index (χ3n) is 6.26. The minimum atomic E-state index is -4.59. The first kappa shape index (κ1) is 28.3. The predicted molar refractivity (Wildman–Crippen MR) is 143 cm³/mol. The lowest BCUT2D eigenvalue weighted by atomic mass is 10.0. The summed E-state index contributed by atoms with van der Waals surface area (Å²) in [6.45, 7) is 0.00657. The molecule has 1 amide bonds. The summed E-state index contributed by atoms with van der Waals surface area (Å²) in [5, 5.41) is 4.12. The van der Waals surface area contributed by atoms with Gasteiger partial charge < -0.3 is 9.64 Å². The monoisotopic (exact) mass is 548 g/mol. The lowest BCUT2D eigenvalue weighted by Crippen LogP contribution is -2.46. The average molecular weight is 549 g/mol. The number of amides is 1. The molecule has 2 aromatic carbocycles. The van der Waals surface area contributed by atoms with Gasteiger partial charge in [0.25, 0.3) is 0 Å². The molecule has 4 aromatic rings. The maximum absolute atomic E-state index is 13.5. The molecule has 1 atom stereocenters. The molecule has 2 aromatic heterocycles. The molecule has 0 aliphatic carbocycles. The van der Waals surface area contributed by atoms with Gasteiger partial charge in [-0.1, -0.05) is 48.5 Å². The van der Waals surface area contributed by atoms with E-state index in [0.717, 1.165) is 29.5 Å². The summed E-state index contributed by atoms with van der Waals surface area (Å²) >= 11 is 0. The zero-order chi connectivity index (χ0) is 28.7. The Morgan fingerprint density at radius 2 is 1.75 bits per heavy atom. The zero-order valence-corrected chi connectivity index (χ0v) is 21.9. The summed E-state index contributed by atoms with van der Waals surface area (Å²) in [6.07, 6.45) is 2.66. The van der Waals surface area contributed by atoms with Crippen LogP contribution in [0.2, 0.25) is 0 Å². The van der Waals surface area contributed by atoms with Crippen molar-refractivity contribution in [1.29, 1.82) is 0 Å². The van der Waals surface area contributed by atoms with Crippen molar-refractivity contribution < 1.29 is 27.5 Å². The van der Waals surface area contributed by atoms with Gasteiger partial charge in [0.05, 0.1) is 24.6 Å². The van der Waals surface area contributed by atoms with E-state index in [1.54, 1.807) is 30.3 Å². The summed E-state index contributed by atoms with van der Waals surface area (Å²) in [5.41, 5.74) is 2.01. The lowest BCUT2D eigenvalue weighted by Gasteiger charge is -2.29. The topological polar surface area (TPSA) is 77.3 Å². The second kappa shape index (κ2) is 12.4. The molecule has 0 spiro atoms. The number of esters is 1. The Labute approximate surface area is 229 Å². The minimum absolute atomic E-state index is 0.00657. The molecule has 4 rings (SSSR count). The van der Waals surface area contributed by atoms with Crippen molar-refractivity contribution in [1.82, 2.24) is 19.7 Å². The van der Waals surface area contributed by atoms with Gasteiger partial charge >= 0.3 is 12.1 Å². The van der Waals surface area contributed by atoms with Crippen LogP contribution in [0.15, 0.2) is 91.4 Å². The van der Waals surface area contributed by atoms with E-state index in [1.807, 2.05) is 42.5 Å². The number of aromatic nitrogens is 3. The molecule has 7 nitrogen and oxygen atoms in total. The number of aryl methyl sites for hydroxylation is 1. The van der Waals surface area contributed by atoms with Gasteiger partial charge in [0, 0.05) is 44.0 Å². The van der Waals surface area contributed by atoms with Gasteiger partial charge in [-0.3, -0.25) is 14.5 Å². The van der Waals surface area contributed by atoms with E-state index < -0.39 is 29.7 Å². The van der Waals surface area contributed by atoms with Gasteiger partial charge in [0.15, 0.2) is 0 Å². The van der Waals surface area contributed by atoms with Crippen LogP contribution in [0, 0.1) is 0 Å². The first-order valence-electron chi connectivity index (χ1n) is 12.4. The number of pyridine rings is 1. The number of nitrogens with zero attached hydrogens (tertiary/aromatic N) is 4. The number of methoxy groups -OCH3 is 1. The normalized spacial score (nSPS) is 12.3. The number of halogens is 3. The molecule has 206 valence electrons. The maximum Gasteiger partial charge on any atom is 0.416 e. The second-order valence-electron chi connectivity index (χ2n) is 9.06. The predicted octanol–water partition coefficient (Wildman–Crippen LogP) is 5.33. The highest BCUT2D eigenvalue weighted by Gasteiger charge is 2.33. The Morgan fingerprint density at radius 1 is 1.02 bits per heavy atom. The van der Waals surface area contributed by atoms with Crippen LogP contribution in [-0.2, 0) is 40.5 Å². The smallest absolute Gasteiger partial charge is 0.416 e. The van der Waals surface area contributed by atoms with E-state index in [4.69, 9.17) is 4.74 Å². The van der Waals surface area contributed by atoms with Crippen LogP contribution in [0.1, 0.15) is 22.3 Å². The third-order valence-corrected chi connectivity index (χ3v) is 6.26. The average Bonchev–Trinajstić information content (AvgIpc) is 3.38. The van der Waals surface area contributed by atoms with Crippen molar-refractivity contribution in [3.05, 3.63) is 114 Å².